The second-order valence-electron chi connectivity index (χ2n) is 18.5. The first-order valence-electron chi connectivity index (χ1n) is 23.8. The minimum absolute atomic E-state index is 0.0440. The van der Waals surface area contributed by atoms with Crippen LogP contribution in [0.25, 0.3) is 0 Å². The van der Waals surface area contributed by atoms with E-state index in [1.807, 2.05) is 0 Å². The number of alkyl halides is 4. The maximum absolute atomic E-state index is 13.9. The second-order valence-corrected chi connectivity index (χ2v) is 31.8. The van der Waals surface area contributed by atoms with E-state index in [1.165, 1.54) is 18.5 Å². The Bertz CT molecular complexity index is 3660. The summed E-state index contributed by atoms with van der Waals surface area (Å²) in [6.45, 7) is -0.253. The lowest BCUT2D eigenvalue weighted by atomic mass is 9.91. The van der Waals surface area contributed by atoms with Gasteiger partial charge in [0.05, 0.1) is 31.8 Å². The highest BCUT2D eigenvalue weighted by Crippen LogP contribution is 2.69. The molecule has 60 heteroatoms. The molecular formula is C34H53F4N8O39P9. The van der Waals surface area contributed by atoms with Crippen LogP contribution in [0, 0.1) is 18.3 Å². The van der Waals surface area contributed by atoms with Crippen LogP contribution < -0.4 is 22.5 Å². The van der Waals surface area contributed by atoms with E-state index in [1.54, 1.807) is 0 Å². The van der Waals surface area contributed by atoms with Crippen LogP contribution in [0.1, 0.15) is 12.6 Å². The number of nitrogen functional groups attached to an aromatic ring is 1. The number of anilines is 1. The van der Waals surface area contributed by atoms with E-state index >= 15 is 0 Å². The van der Waals surface area contributed by atoms with E-state index in [0.29, 0.717) is 4.57 Å². The molecule has 536 valence electrons. The number of phosphoric ester groups is 3. The van der Waals surface area contributed by atoms with E-state index in [0.717, 1.165) is 28.1 Å². The molecule has 0 aliphatic carbocycles. The van der Waals surface area contributed by atoms with Crippen LogP contribution in [0.15, 0.2) is 71.4 Å². The molecule has 5 aliphatic rings. The van der Waals surface area contributed by atoms with Gasteiger partial charge in [-0.05, 0) is 12.1 Å². The van der Waals surface area contributed by atoms with Gasteiger partial charge in [-0.3, -0.25) is 22.9 Å². The number of aliphatic hydroxyl groups excluding tert-OH is 4. The summed E-state index contributed by atoms with van der Waals surface area (Å²) in [6, 6.07) is 1.13. The van der Waals surface area contributed by atoms with Crippen molar-refractivity contribution >= 4 is 88.0 Å². The van der Waals surface area contributed by atoms with Crippen LogP contribution in [0.5, 0.6) is 0 Å². The zero-order valence-corrected chi connectivity index (χ0v) is 53.9. The fraction of sp³-hybridized carbons (Fsp3) is 0.529. The molecule has 0 radical (unpaired) electrons. The lowest BCUT2D eigenvalue weighted by Gasteiger charge is -2.34. The van der Waals surface area contributed by atoms with Gasteiger partial charge in [0.25, 0.3) is 12.3 Å². The lowest BCUT2D eigenvalue weighted by molar-refractivity contribution is -0.193. The van der Waals surface area contributed by atoms with Gasteiger partial charge >= 0.3 is 76.1 Å². The fourth-order valence-corrected chi connectivity index (χ4v) is 17.0. The summed E-state index contributed by atoms with van der Waals surface area (Å²) in [5.74, 6) is 0.108. The first-order chi connectivity index (χ1) is 42.5. The standard InChI is InChI=1S/C13H18FN2O13P3.C11H19FN3O13P3.C10H16F2N3O13P3/c1-3-9-11(18)13(6-14,27-12(9)16-5-4-10(17)15-8(16)2)7-26-31(22,23)29-32(24,25)28-30(19,20)21;1-6-14-7(13)2-3-15(6)10-8(16)9(17)11(4-12,26-10)5-25-30(21,22)28-31(23,24)27-29(18,19)20;11-8(12)10(4-25-30(21,22)28-31(23,24)27-29(18,19)20)5(16)3-7(26-10)15-2-1-6(13)14-9(15)17/h1,4-5,9,11-12,18H,2,6-7H2,(H,15,17)(H,22,23)(H,24,25)(H2,19,20,21);2-3,8-10,16-17H,1,4-5H2,(H2,13,14)(H,21,22)(H,23,24)(H2,18,19,20);1-2,5,7-8,16H,3-4H2,(H,21,22)(H,23,24)(H2,13,14,17)(H2,18,19,20)/t9-,11-,12+,13+;8-,9-,10+,11+;5-,7+,10+/m000/s1. The lowest BCUT2D eigenvalue weighted by Crippen LogP contribution is -2.50. The summed E-state index contributed by atoms with van der Waals surface area (Å²) >= 11 is 0. The molecule has 1 amide bonds. The average molecular weight is 1550 g/mol. The Morgan fingerprint density at radius 1 is 0.660 bits per heavy atom. The number of terminal acetylenes is 1. The fourth-order valence-electron chi connectivity index (χ4n) is 7.77. The van der Waals surface area contributed by atoms with Gasteiger partial charge in [0.15, 0.2) is 23.7 Å². The number of amides is 1. The summed E-state index contributed by atoms with van der Waals surface area (Å²) in [5.41, 5.74) is 1.88. The van der Waals surface area contributed by atoms with Crippen LogP contribution in [-0.4, -0.2) is 204 Å². The maximum atomic E-state index is 13.9. The van der Waals surface area contributed by atoms with Crippen LogP contribution in [0.2, 0.25) is 0 Å². The van der Waals surface area contributed by atoms with Gasteiger partial charge in [-0.15, -0.1) is 6.42 Å². The molecule has 3 fully saturated rings. The highest BCUT2D eigenvalue weighted by molar-refractivity contribution is 7.67. The molecule has 5 aliphatic heterocycles. The maximum Gasteiger partial charge on any atom is 0.490 e. The van der Waals surface area contributed by atoms with Crippen molar-refractivity contribution in [1.29, 1.82) is 0 Å². The smallest absolute Gasteiger partial charge is 0.390 e. The molecule has 0 spiro atoms. The molecule has 47 nitrogen and oxygen atoms in total. The van der Waals surface area contributed by atoms with Crippen molar-refractivity contribution in [2.24, 2.45) is 16.6 Å². The Balaban J connectivity index is 0.000000300. The van der Waals surface area contributed by atoms with E-state index in [4.69, 9.17) is 76.1 Å². The number of phosphoric acid groups is 9. The van der Waals surface area contributed by atoms with Gasteiger partial charge in [0.1, 0.15) is 66.8 Å². The molecule has 6 heterocycles. The molecule has 0 aromatic carbocycles. The van der Waals surface area contributed by atoms with Gasteiger partial charge in [-0.2, -0.15) is 30.8 Å². The van der Waals surface area contributed by atoms with E-state index in [9.17, 15) is 103 Å². The monoisotopic (exact) mass is 1550 g/mol. The predicted molar refractivity (Wildman–Crippen MR) is 289 cm³/mol. The number of nitrogens with two attached hydrogens (primary N) is 2. The van der Waals surface area contributed by atoms with Crippen molar-refractivity contribution in [3.05, 3.63) is 72.1 Å². The number of nitrogens with zero attached hydrogens (tertiary/aromatic N) is 5. The van der Waals surface area contributed by atoms with Gasteiger partial charge in [-0.1, -0.05) is 19.1 Å². The van der Waals surface area contributed by atoms with Crippen LogP contribution >= 0.6 is 70.4 Å². The average Bonchev–Trinajstić information content (AvgIpc) is 1.62. The van der Waals surface area contributed by atoms with Crippen molar-refractivity contribution in [2.45, 2.75) is 72.7 Å². The third kappa shape index (κ3) is 23.0. The van der Waals surface area contributed by atoms with E-state index in [2.05, 4.69) is 73.8 Å². The zero-order valence-electron chi connectivity index (χ0n) is 45.9. The van der Waals surface area contributed by atoms with Crippen LogP contribution in [0.3, 0.4) is 0 Å². The van der Waals surface area contributed by atoms with Crippen molar-refractivity contribution in [2.75, 3.05) is 38.9 Å². The summed E-state index contributed by atoms with van der Waals surface area (Å²) in [5, 5.41) is 43.4. The Labute approximate surface area is 520 Å². The molecule has 0 bridgehead atoms. The van der Waals surface area contributed by atoms with Crippen molar-refractivity contribution in [3.8, 4) is 12.3 Å². The molecule has 17 atom stereocenters. The first-order valence-corrected chi connectivity index (χ1v) is 37.4. The number of nitrogens with one attached hydrogen (secondary N) is 1. The minimum Gasteiger partial charge on any atom is -0.390 e. The number of hydrogen-bond donors (Lipinski definition) is 19. The number of carbonyl (C=O) groups excluding carboxylic acids is 1. The number of rotatable bonds is 27. The number of ether oxygens (including phenoxy) is 3. The summed E-state index contributed by atoms with van der Waals surface area (Å²) < 4.78 is 207. The summed E-state index contributed by atoms with van der Waals surface area (Å²) in [4.78, 5) is 139. The van der Waals surface area contributed by atoms with Crippen LogP contribution in [0.4, 0.5) is 23.4 Å². The highest BCUT2D eigenvalue weighted by atomic mass is 31.3. The summed E-state index contributed by atoms with van der Waals surface area (Å²) in [7, 11) is -51.4. The highest BCUT2D eigenvalue weighted by Gasteiger charge is 2.61. The normalized spacial score (nSPS) is 31.2. The molecule has 94 heavy (non-hydrogen) atoms. The number of hydrogen-bond acceptors (Lipinski definition) is 33. The van der Waals surface area contributed by atoms with E-state index < -0.39 is 194 Å². The van der Waals surface area contributed by atoms with Gasteiger partial charge in [0, 0.05) is 31.1 Å². The topological polar surface area (TPSA) is 723 Å². The predicted octanol–water partition coefficient (Wildman–Crippen LogP) is -2.35. The first kappa shape index (κ1) is 82.8. The SMILES string of the molecule is C#C[C@@H]1[C@H](N2C=CC(=O)NC2=C)O[C@](CF)(COP(=O)(O)OP(=O)(O)OP(=O)(O)O)[C@H]1O.C=C1N=C(N)C=CN1[C@@H]1O[C@](CF)(COP(=O)(O)OP(=O)(O)OP(=O)(O)O)[C@@H](O)[C@@H]1O.Nc1ccn([C@H]2C[C@H](O)[C@](COP(=O)(O)OP(=O)(O)OP(=O)(O)O)(C(F)F)O2)c(=O)n1. The Kier molecular flexibility index (Phi) is 27.2. The number of amidine groups is 1. The Morgan fingerprint density at radius 3 is 1.50 bits per heavy atom. The molecule has 6 unspecified atom stereocenters. The van der Waals surface area contributed by atoms with Crippen molar-refractivity contribution < 1.29 is 196 Å². The number of halogens is 4. The number of aliphatic hydroxyl groups is 4. The second kappa shape index (κ2) is 30.9. The Hall–Kier alpha value is -3.59. The third-order valence-corrected chi connectivity index (χ3v) is 23.0. The largest absolute Gasteiger partial charge is 0.490 e. The summed E-state index contributed by atoms with van der Waals surface area (Å²) in [6.07, 6.45) is -5.24. The van der Waals surface area contributed by atoms with Crippen LogP contribution in [-0.2, 0) is 99.5 Å². The molecule has 0 saturated carbocycles. The Morgan fingerprint density at radius 2 is 1.10 bits per heavy atom. The molecule has 1 aromatic rings. The number of aromatic nitrogens is 2. The van der Waals surface area contributed by atoms with E-state index in [-0.39, 0.29) is 23.3 Å². The quantitative estimate of drug-likeness (QED) is 0.0249. The third-order valence-electron chi connectivity index (χ3n) is 11.7. The molecule has 6 rings (SSSR count). The number of carbonyl (C=O) groups is 1. The molecule has 1 aromatic heterocycles. The molecule has 21 N–H and O–H groups in total. The number of aliphatic imine (C=N–C) groups is 1. The van der Waals surface area contributed by atoms with Crippen molar-refractivity contribution in [1.82, 2.24) is 24.7 Å². The van der Waals surface area contributed by atoms with Gasteiger partial charge in [0.2, 0.25) is 0 Å². The minimum atomic E-state index is -5.89. The van der Waals surface area contributed by atoms with Gasteiger partial charge < -0.3 is 120 Å². The molecule has 3 saturated heterocycles. The molecular weight excluding hydrogens is 1500 g/mol. The van der Waals surface area contributed by atoms with Crippen molar-refractivity contribution in [3.63, 3.8) is 0 Å². The van der Waals surface area contributed by atoms with Gasteiger partial charge in [-0.25, -0.2) is 68.4 Å². The zero-order chi connectivity index (χ0) is 72.2.